The molecule has 0 bridgehead atoms. The molecule has 1 aromatic heterocycles. The normalized spacial score (nSPS) is 12.0. The van der Waals surface area contributed by atoms with Crippen LogP contribution in [0.2, 0.25) is 0 Å². The van der Waals surface area contributed by atoms with Crippen LogP contribution in [0.4, 0.5) is 0 Å². The Labute approximate surface area is 134 Å². The molecule has 118 valence electrons. The number of amides is 1. The molecule has 1 aromatic rings. The summed E-state index contributed by atoms with van der Waals surface area (Å²) in [5.74, 6) is -2.01. The number of carboxylic acids is 1. The number of primary amides is 1. The first-order chi connectivity index (χ1) is 9.55. The van der Waals surface area contributed by atoms with Crippen molar-refractivity contribution in [3.05, 3.63) is 14.7 Å². The van der Waals surface area contributed by atoms with Gasteiger partial charge in [-0.1, -0.05) is 13.8 Å². The van der Waals surface area contributed by atoms with Gasteiger partial charge in [-0.25, -0.2) is 13.2 Å². The Morgan fingerprint density at radius 1 is 1.48 bits per heavy atom. The topological polar surface area (TPSA) is 118 Å². The van der Waals surface area contributed by atoms with E-state index in [1.165, 1.54) is 0 Å². The standard InChI is InChI=1S/C11H15BrN2O5S2/c1-6(2)4-14(5-9(13)15)21(18,19)8-3-7(11(16)17)20-10(8)12/h3,6H,4-5H2,1-2H3,(H2,13,15)(H,16,17). The summed E-state index contributed by atoms with van der Waals surface area (Å²) in [5, 5.41) is 8.92. The van der Waals surface area contributed by atoms with Crippen molar-refractivity contribution >= 4 is 49.2 Å². The van der Waals surface area contributed by atoms with E-state index < -0.39 is 28.4 Å². The van der Waals surface area contributed by atoms with Crippen LogP contribution >= 0.6 is 27.3 Å². The monoisotopic (exact) mass is 398 g/mol. The number of thiophene rings is 1. The van der Waals surface area contributed by atoms with Gasteiger partial charge in [-0.05, 0) is 27.9 Å². The van der Waals surface area contributed by atoms with Gasteiger partial charge in [0, 0.05) is 6.54 Å². The van der Waals surface area contributed by atoms with Gasteiger partial charge in [-0.15, -0.1) is 11.3 Å². The number of carbonyl (C=O) groups is 2. The van der Waals surface area contributed by atoms with Crippen LogP contribution in [0.25, 0.3) is 0 Å². The molecule has 1 amide bonds. The largest absolute Gasteiger partial charge is 0.477 e. The number of halogens is 1. The van der Waals surface area contributed by atoms with E-state index in [9.17, 15) is 18.0 Å². The summed E-state index contributed by atoms with van der Waals surface area (Å²) >= 11 is 3.85. The predicted octanol–water partition coefficient (Wildman–Crippen LogP) is 1.34. The maximum Gasteiger partial charge on any atom is 0.345 e. The maximum atomic E-state index is 12.6. The Bertz CT molecular complexity index is 654. The quantitative estimate of drug-likeness (QED) is 0.718. The second-order valence-electron chi connectivity index (χ2n) is 4.71. The van der Waals surface area contributed by atoms with Crippen LogP contribution < -0.4 is 5.73 Å². The second-order valence-corrected chi connectivity index (χ2v) is 8.99. The zero-order valence-electron chi connectivity index (χ0n) is 11.4. The SMILES string of the molecule is CC(C)CN(CC(N)=O)S(=O)(=O)c1cc(C(=O)O)sc1Br. The van der Waals surface area contributed by atoms with Crippen LogP contribution in [0.1, 0.15) is 23.5 Å². The first-order valence-corrected chi connectivity index (χ1v) is 8.91. The number of hydrogen-bond donors (Lipinski definition) is 2. The van der Waals surface area contributed by atoms with Gasteiger partial charge < -0.3 is 10.8 Å². The molecule has 0 unspecified atom stereocenters. The minimum absolute atomic E-state index is 0.0181. The van der Waals surface area contributed by atoms with E-state index in [1.807, 2.05) is 0 Å². The lowest BCUT2D eigenvalue weighted by molar-refractivity contribution is -0.118. The van der Waals surface area contributed by atoms with E-state index >= 15 is 0 Å². The molecule has 1 heterocycles. The molecule has 0 fully saturated rings. The summed E-state index contributed by atoms with van der Waals surface area (Å²) < 4.78 is 26.3. The molecule has 0 spiro atoms. The van der Waals surface area contributed by atoms with Gasteiger partial charge in [0.1, 0.15) is 9.77 Å². The van der Waals surface area contributed by atoms with E-state index in [0.717, 1.165) is 21.7 Å². The maximum absolute atomic E-state index is 12.6. The smallest absolute Gasteiger partial charge is 0.345 e. The molecular formula is C11H15BrN2O5S2. The second kappa shape index (κ2) is 6.86. The van der Waals surface area contributed by atoms with E-state index in [0.29, 0.717) is 0 Å². The highest BCUT2D eigenvalue weighted by molar-refractivity contribution is 9.11. The predicted molar refractivity (Wildman–Crippen MR) is 81.8 cm³/mol. The van der Waals surface area contributed by atoms with E-state index in [4.69, 9.17) is 10.8 Å². The summed E-state index contributed by atoms with van der Waals surface area (Å²) in [6.07, 6.45) is 0. The van der Waals surface area contributed by atoms with Gasteiger partial charge in [0.25, 0.3) is 0 Å². The highest BCUT2D eigenvalue weighted by Gasteiger charge is 2.30. The third-order valence-corrected chi connectivity index (χ3v) is 6.44. The third-order valence-electron chi connectivity index (χ3n) is 2.39. The zero-order valence-corrected chi connectivity index (χ0v) is 14.6. The van der Waals surface area contributed by atoms with Crippen molar-refractivity contribution in [2.24, 2.45) is 11.7 Å². The Hall–Kier alpha value is -0.970. The summed E-state index contributed by atoms with van der Waals surface area (Å²) in [6, 6.07) is 1.07. The number of aromatic carboxylic acids is 1. The average Bonchev–Trinajstić information content (AvgIpc) is 2.70. The van der Waals surface area contributed by atoms with E-state index in [2.05, 4.69) is 15.9 Å². The minimum Gasteiger partial charge on any atom is -0.477 e. The fraction of sp³-hybridized carbons (Fsp3) is 0.455. The van der Waals surface area contributed by atoms with Crippen LogP contribution in [-0.2, 0) is 14.8 Å². The highest BCUT2D eigenvalue weighted by atomic mass is 79.9. The Morgan fingerprint density at radius 2 is 2.05 bits per heavy atom. The molecule has 3 N–H and O–H groups in total. The lowest BCUT2D eigenvalue weighted by Crippen LogP contribution is -2.40. The molecule has 0 saturated carbocycles. The third kappa shape index (κ3) is 4.50. The summed E-state index contributed by atoms with van der Waals surface area (Å²) in [5.41, 5.74) is 5.09. The molecule has 0 atom stereocenters. The number of carboxylic acid groups (broad SMARTS) is 1. The van der Waals surface area contributed by atoms with Crippen molar-refractivity contribution in [1.29, 1.82) is 0 Å². The van der Waals surface area contributed by atoms with Crippen LogP contribution in [0.15, 0.2) is 14.7 Å². The fourth-order valence-corrected chi connectivity index (χ4v) is 5.52. The molecule has 21 heavy (non-hydrogen) atoms. The lowest BCUT2D eigenvalue weighted by Gasteiger charge is -2.22. The molecule has 0 aliphatic heterocycles. The van der Waals surface area contributed by atoms with Crippen LogP contribution in [-0.4, -0.2) is 42.8 Å². The molecular weight excluding hydrogens is 384 g/mol. The van der Waals surface area contributed by atoms with Crippen molar-refractivity contribution in [3.63, 3.8) is 0 Å². The molecule has 0 saturated heterocycles. The van der Waals surface area contributed by atoms with Gasteiger partial charge >= 0.3 is 5.97 Å². The Balaban J connectivity index is 3.27. The van der Waals surface area contributed by atoms with E-state index in [1.54, 1.807) is 13.8 Å². The zero-order chi connectivity index (χ0) is 16.4. The number of carbonyl (C=O) groups excluding carboxylic acids is 1. The molecule has 0 radical (unpaired) electrons. The summed E-state index contributed by atoms with van der Waals surface area (Å²) in [7, 11) is -4.00. The first-order valence-electron chi connectivity index (χ1n) is 5.86. The molecule has 0 aromatic carbocycles. The molecule has 10 heteroatoms. The van der Waals surface area contributed by atoms with Crippen LogP contribution in [0, 0.1) is 5.92 Å². The number of nitrogens with two attached hydrogens (primary N) is 1. The summed E-state index contributed by atoms with van der Waals surface area (Å²) in [4.78, 5) is 21.7. The number of hydrogen-bond acceptors (Lipinski definition) is 5. The number of sulfonamides is 1. The van der Waals surface area contributed by atoms with E-state index in [-0.39, 0.29) is 26.0 Å². The molecule has 0 aliphatic rings. The summed E-state index contributed by atoms with van der Waals surface area (Å²) in [6.45, 7) is 3.25. The molecule has 7 nitrogen and oxygen atoms in total. The fourth-order valence-electron chi connectivity index (χ4n) is 1.60. The van der Waals surface area contributed by atoms with Gasteiger partial charge in [-0.2, -0.15) is 4.31 Å². The molecule has 0 aliphatic carbocycles. The van der Waals surface area contributed by atoms with Crippen molar-refractivity contribution < 1.29 is 23.1 Å². The lowest BCUT2D eigenvalue weighted by atomic mass is 10.2. The number of nitrogens with zero attached hydrogens (tertiary/aromatic N) is 1. The molecule has 1 rings (SSSR count). The van der Waals surface area contributed by atoms with Crippen molar-refractivity contribution in [1.82, 2.24) is 4.31 Å². The van der Waals surface area contributed by atoms with Crippen LogP contribution in [0.5, 0.6) is 0 Å². The van der Waals surface area contributed by atoms with Gasteiger partial charge in [0.15, 0.2) is 0 Å². The average molecular weight is 399 g/mol. The van der Waals surface area contributed by atoms with Crippen molar-refractivity contribution in [2.45, 2.75) is 18.7 Å². The number of rotatable bonds is 7. The van der Waals surface area contributed by atoms with Crippen LogP contribution in [0.3, 0.4) is 0 Å². The Morgan fingerprint density at radius 3 is 2.43 bits per heavy atom. The highest BCUT2D eigenvalue weighted by Crippen LogP contribution is 2.33. The van der Waals surface area contributed by atoms with Crippen molar-refractivity contribution in [3.8, 4) is 0 Å². The first kappa shape index (κ1) is 18.1. The van der Waals surface area contributed by atoms with Crippen molar-refractivity contribution in [2.75, 3.05) is 13.1 Å². The Kier molecular flexibility index (Phi) is 5.91. The van der Waals surface area contributed by atoms with Gasteiger partial charge in [-0.3, -0.25) is 4.79 Å². The van der Waals surface area contributed by atoms with Gasteiger partial charge in [0.2, 0.25) is 15.9 Å². The van der Waals surface area contributed by atoms with Gasteiger partial charge in [0.05, 0.1) is 10.3 Å². The minimum atomic E-state index is -4.00.